The van der Waals surface area contributed by atoms with Crippen LogP contribution in [0.1, 0.15) is 5.56 Å². The summed E-state index contributed by atoms with van der Waals surface area (Å²) >= 11 is 0. The number of aromatic nitrogens is 2. The van der Waals surface area contributed by atoms with Gasteiger partial charge in [-0.25, -0.2) is 0 Å². The highest BCUT2D eigenvalue weighted by atomic mass is 15.0. The maximum Gasteiger partial charge on any atom is 0.0496 e. The van der Waals surface area contributed by atoms with Crippen LogP contribution in [0.3, 0.4) is 0 Å². The molecule has 3 aromatic carbocycles. The first-order chi connectivity index (χ1) is 11.7. The van der Waals surface area contributed by atoms with Gasteiger partial charge in [0.05, 0.1) is 0 Å². The summed E-state index contributed by atoms with van der Waals surface area (Å²) in [5.74, 6) is 0. The maximum atomic E-state index is 3.89. The van der Waals surface area contributed by atoms with Crippen molar-refractivity contribution < 1.29 is 0 Å². The molecule has 0 saturated heterocycles. The van der Waals surface area contributed by atoms with Gasteiger partial charge in [-0.1, -0.05) is 43.0 Å². The minimum Gasteiger partial charge on any atom is -0.344 e. The maximum absolute atomic E-state index is 3.89. The van der Waals surface area contributed by atoms with Crippen molar-refractivity contribution in [3.63, 3.8) is 0 Å². The van der Waals surface area contributed by atoms with Crippen LogP contribution in [0.2, 0.25) is 0 Å². The van der Waals surface area contributed by atoms with Crippen LogP contribution in [0, 0.1) is 0 Å². The van der Waals surface area contributed by atoms with Gasteiger partial charge in [0.2, 0.25) is 0 Å². The van der Waals surface area contributed by atoms with Gasteiger partial charge in [-0.3, -0.25) is 0 Å². The van der Waals surface area contributed by atoms with E-state index in [9.17, 15) is 0 Å². The SMILES string of the molecule is C=Cc1ccc2c3cc4c(cc3n(C)c2c1)c1ccccc1n4C. The normalized spacial score (nSPS) is 11.9. The number of aryl methyl sites for hydroxylation is 2. The van der Waals surface area contributed by atoms with Crippen LogP contribution < -0.4 is 0 Å². The Labute approximate surface area is 140 Å². The molecule has 0 N–H and O–H groups in total. The Balaban J connectivity index is 2.03. The first-order valence-corrected chi connectivity index (χ1v) is 8.21. The molecule has 5 rings (SSSR count). The van der Waals surface area contributed by atoms with Gasteiger partial charge < -0.3 is 9.13 Å². The van der Waals surface area contributed by atoms with Gasteiger partial charge in [0.1, 0.15) is 0 Å². The summed E-state index contributed by atoms with van der Waals surface area (Å²) in [4.78, 5) is 0. The Morgan fingerprint density at radius 1 is 0.667 bits per heavy atom. The number of nitrogens with zero attached hydrogens (tertiary/aromatic N) is 2. The van der Waals surface area contributed by atoms with Crippen LogP contribution in [-0.2, 0) is 14.1 Å². The van der Waals surface area contributed by atoms with E-state index in [0.717, 1.165) is 5.56 Å². The molecule has 2 nitrogen and oxygen atoms in total. The summed E-state index contributed by atoms with van der Waals surface area (Å²) in [6.07, 6.45) is 1.90. The second kappa shape index (κ2) is 4.51. The molecule has 0 bridgehead atoms. The molecule has 0 spiro atoms. The number of rotatable bonds is 1. The number of benzene rings is 3. The summed E-state index contributed by atoms with van der Waals surface area (Å²) in [7, 11) is 4.30. The fraction of sp³-hybridized carbons (Fsp3) is 0.0909. The van der Waals surface area contributed by atoms with Crippen LogP contribution in [0.4, 0.5) is 0 Å². The second-order valence-electron chi connectivity index (χ2n) is 6.50. The summed E-state index contributed by atoms with van der Waals surface area (Å²) < 4.78 is 4.58. The Bertz CT molecular complexity index is 1280. The fourth-order valence-corrected chi connectivity index (χ4v) is 4.00. The lowest BCUT2D eigenvalue weighted by molar-refractivity contribution is 1.01. The zero-order valence-electron chi connectivity index (χ0n) is 13.9. The topological polar surface area (TPSA) is 9.86 Å². The minimum absolute atomic E-state index is 1.16. The van der Waals surface area contributed by atoms with E-state index in [1.165, 1.54) is 43.6 Å². The van der Waals surface area contributed by atoms with Crippen molar-refractivity contribution >= 4 is 49.7 Å². The molecule has 0 fully saturated rings. The van der Waals surface area contributed by atoms with Crippen molar-refractivity contribution in [1.29, 1.82) is 0 Å². The van der Waals surface area contributed by atoms with E-state index in [-0.39, 0.29) is 0 Å². The van der Waals surface area contributed by atoms with Crippen LogP contribution in [0.15, 0.2) is 61.2 Å². The Morgan fingerprint density at radius 3 is 1.96 bits per heavy atom. The van der Waals surface area contributed by atoms with Gasteiger partial charge in [0.15, 0.2) is 0 Å². The number of fused-ring (bicyclic) bond motifs is 6. The third-order valence-corrected chi connectivity index (χ3v) is 5.30. The third-order valence-electron chi connectivity index (χ3n) is 5.30. The standard InChI is InChI=1S/C22H18N2/c1-4-14-9-10-16-18-13-21-17(12-22(18)24(3)20(16)11-14)15-7-5-6-8-19(15)23(21)2/h4-13H,1H2,2-3H3. The van der Waals surface area contributed by atoms with Crippen LogP contribution in [-0.4, -0.2) is 9.13 Å². The van der Waals surface area contributed by atoms with Gasteiger partial charge in [-0.2, -0.15) is 0 Å². The first kappa shape index (κ1) is 13.4. The molecule has 0 aliphatic rings. The van der Waals surface area contributed by atoms with E-state index in [1.54, 1.807) is 0 Å². The lowest BCUT2D eigenvalue weighted by Crippen LogP contribution is -1.88. The predicted octanol–water partition coefficient (Wildman–Crippen LogP) is 5.62. The number of hydrogen-bond donors (Lipinski definition) is 0. The van der Waals surface area contributed by atoms with E-state index in [0.29, 0.717) is 0 Å². The molecule has 2 heteroatoms. The van der Waals surface area contributed by atoms with E-state index in [4.69, 9.17) is 0 Å². The zero-order chi connectivity index (χ0) is 16.4. The summed E-state index contributed by atoms with van der Waals surface area (Å²) in [6.45, 7) is 3.89. The highest BCUT2D eigenvalue weighted by Crippen LogP contribution is 2.36. The third kappa shape index (κ3) is 1.55. The van der Waals surface area contributed by atoms with Gasteiger partial charge in [-0.05, 0) is 29.8 Å². The molecule has 0 amide bonds. The number of hydrogen-bond acceptors (Lipinski definition) is 0. The van der Waals surface area contributed by atoms with E-state index >= 15 is 0 Å². The fourth-order valence-electron chi connectivity index (χ4n) is 4.00. The van der Waals surface area contributed by atoms with Crippen molar-refractivity contribution in [3.05, 3.63) is 66.7 Å². The van der Waals surface area contributed by atoms with Gasteiger partial charge in [-0.15, -0.1) is 0 Å². The van der Waals surface area contributed by atoms with Crippen molar-refractivity contribution in [2.24, 2.45) is 14.1 Å². The molecular weight excluding hydrogens is 292 g/mol. The molecule has 0 radical (unpaired) electrons. The summed E-state index contributed by atoms with van der Waals surface area (Å²) in [6, 6.07) is 19.9. The molecule has 2 heterocycles. The number of para-hydroxylation sites is 1. The highest BCUT2D eigenvalue weighted by molar-refractivity contribution is 6.17. The van der Waals surface area contributed by atoms with Crippen molar-refractivity contribution in [2.75, 3.05) is 0 Å². The van der Waals surface area contributed by atoms with E-state index in [1.807, 2.05) is 6.08 Å². The quantitative estimate of drug-likeness (QED) is 0.380. The molecule has 116 valence electrons. The van der Waals surface area contributed by atoms with Crippen molar-refractivity contribution in [2.45, 2.75) is 0 Å². The highest BCUT2D eigenvalue weighted by Gasteiger charge is 2.13. The van der Waals surface area contributed by atoms with Gasteiger partial charge in [0, 0.05) is 57.7 Å². The molecule has 0 atom stereocenters. The average molecular weight is 310 g/mol. The first-order valence-electron chi connectivity index (χ1n) is 8.21. The largest absolute Gasteiger partial charge is 0.344 e. The molecular formula is C22H18N2. The second-order valence-corrected chi connectivity index (χ2v) is 6.50. The molecule has 0 aliphatic heterocycles. The smallest absolute Gasteiger partial charge is 0.0496 e. The van der Waals surface area contributed by atoms with E-state index < -0.39 is 0 Å². The summed E-state index contributed by atoms with van der Waals surface area (Å²) in [5.41, 5.74) is 6.24. The molecule has 5 aromatic rings. The van der Waals surface area contributed by atoms with Crippen molar-refractivity contribution in [3.8, 4) is 0 Å². The van der Waals surface area contributed by atoms with Crippen molar-refractivity contribution in [1.82, 2.24) is 9.13 Å². The zero-order valence-corrected chi connectivity index (χ0v) is 13.9. The van der Waals surface area contributed by atoms with E-state index in [2.05, 4.69) is 84.4 Å². The lowest BCUT2D eigenvalue weighted by Gasteiger charge is -2.00. The molecule has 0 aliphatic carbocycles. The Morgan fingerprint density at radius 2 is 1.25 bits per heavy atom. The Kier molecular flexibility index (Phi) is 2.53. The lowest BCUT2D eigenvalue weighted by atomic mass is 10.1. The van der Waals surface area contributed by atoms with Crippen LogP contribution in [0.5, 0.6) is 0 Å². The predicted molar refractivity (Wildman–Crippen MR) is 104 cm³/mol. The molecule has 2 aromatic heterocycles. The van der Waals surface area contributed by atoms with Crippen LogP contribution in [0.25, 0.3) is 49.7 Å². The van der Waals surface area contributed by atoms with Crippen LogP contribution >= 0.6 is 0 Å². The van der Waals surface area contributed by atoms with Gasteiger partial charge in [0.25, 0.3) is 0 Å². The molecule has 24 heavy (non-hydrogen) atoms. The summed E-state index contributed by atoms with van der Waals surface area (Å²) in [5, 5.41) is 5.23. The minimum atomic E-state index is 1.16. The average Bonchev–Trinajstić information content (AvgIpc) is 3.07. The van der Waals surface area contributed by atoms with Gasteiger partial charge >= 0.3 is 0 Å². The Hall–Kier alpha value is -3.00. The monoisotopic (exact) mass is 310 g/mol. The molecule has 0 saturated carbocycles. The molecule has 0 unspecified atom stereocenters.